The molecule has 96 valence electrons. The molecule has 1 heteroatoms. The molecule has 0 nitrogen and oxygen atoms in total. The van der Waals surface area contributed by atoms with Crippen LogP contribution in [0.2, 0.25) is 0 Å². The Labute approximate surface area is 137 Å². The van der Waals surface area contributed by atoms with Gasteiger partial charge in [-0.15, -0.1) is 34.5 Å². The summed E-state index contributed by atoms with van der Waals surface area (Å²) in [7, 11) is 0. The third-order valence-electron chi connectivity index (χ3n) is 3.97. The van der Waals surface area contributed by atoms with Crippen molar-refractivity contribution in [1.29, 1.82) is 0 Å². The topological polar surface area (TPSA) is 0 Å². The Balaban J connectivity index is 0.00000132. The molecule has 0 fully saturated rings. The molecule has 0 aliphatic heterocycles. The van der Waals surface area contributed by atoms with Gasteiger partial charge in [0, 0.05) is 0 Å². The van der Waals surface area contributed by atoms with Gasteiger partial charge >= 0.3 is 18.9 Å². The summed E-state index contributed by atoms with van der Waals surface area (Å²) in [6.07, 6.45) is 0. The van der Waals surface area contributed by atoms with Gasteiger partial charge in [0.25, 0.3) is 0 Å². The van der Waals surface area contributed by atoms with Crippen LogP contribution in [0.1, 0.15) is 5.56 Å². The van der Waals surface area contributed by atoms with Crippen LogP contribution in [0.3, 0.4) is 0 Å². The van der Waals surface area contributed by atoms with Gasteiger partial charge in [-0.3, -0.25) is 0 Å². The molecule has 0 heterocycles. The SMILES string of the molecule is Cc1cc2c(-c3cccc4ccccc34)cccc2[cH-]1.[Li+]. The molecular weight excluding hydrogens is 247 g/mol. The number of aryl methyl sites for hydroxylation is 1. The van der Waals surface area contributed by atoms with E-state index >= 15 is 0 Å². The summed E-state index contributed by atoms with van der Waals surface area (Å²) in [6.45, 7) is 2.16. The molecule has 4 aromatic rings. The van der Waals surface area contributed by atoms with Crippen LogP contribution < -0.4 is 18.9 Å². The van der Waals surface area contributed by atoms with Gasteiger partial charge in [-0.25, -0.2) is 0 Å². The molecule has 0 spiro atoms. The molecule has 0 unspecified atom stereocenters. The molecule has 0 aliphatic rings. The Bertz CT molecular complexity index is 910. The van der Waals surface area contributed by atoms with Crippen LogP contribution in [0.5, 0.6) is 0 Å². The molecule has 0 saturated carbocycles. The quantitative estimate of drug-likeness (QED) is 0.365. The Morgan fingerprint density at radius 2 is 1.38 bits per heavy atom. The van der Waals surface area contributed by atoms with Crippen molar-refractivity contribution in [2.45, 2.75) is 6.92 Å². The molecule has 0 aromatic heterocycles. The minimum atomic E-state index is 0. The van der Waals surface area contributed by atoms with E-state index in [4.69, 9.17) is 0 Å². The van der Waals surface area contributed by atoms with Crippen molar-refractivity contribution in [3.05, 3.63) is 78.4 Å². The Hall–Kier alpha value is -1.87. The maximum Gasteiger partial charge on any atom is 1.00 e. The van der Waals surface area contributed by atoms with E-state index in [1.807, 2.05) is 0 Å². The number of fused-ring (bicyclic) bond motifs is 2. The second kappa shape index (κ2) is 5.49. The molecule has 4 rings (SSSR count). The zero-order chi connectivity index (χ0) is 13.5. The average Bonchev–Trinajstić information content (AvgIpc) is 2.87. The van der Waals surface area contributed by atoms with Crippen molar-refractivity contribution in [3.63, 3.8) is 0 Å². The van der Waals surface area contributed by atoms with E-state index in [1.54, 1.807) is 0 Å². The zero-order valence-electron chi connectivity index (χ0n) is 12.4. The van der Waals surface area contributed by atoms with Crippen molar-refractivity contribution >= 4 is 21.5 Å². The number of hydrogen-bond donors (Lipinski definition) is 0. The minimum Gasteiger partial charge on any atom is -0.165 e. The molecule has 0 atom stereocenters. The van der Waals surface area contributed by atoms with Gasteiger partial charge in [0.15, 0.2) is 0 Å². The summed E-state index contributed by atoms with van der Waals surface area (Å²) >= 11 is 0. The minimum absolute atomic E-state index is 0. The first-order chi connectivity index (χ1) is 9.83. The van der Waals surface area contributed by atoms with Crippen LogP contribution in [0.15, 0.2) is 72.8 Å². The number of rotatable bonds is 1. The maximum absolute atomic E-state index is 2.28. The van der Waals surface area contributed by atoms with Gasteiger partial charge < -0.3 is 0 Å². The molecule has 0 aliphatic carbocycles. The fraction of sp³-hybridized carbons (Fsp3) is 0.0500. The van der Waals surface area contributed by atoms with Gasteiger partial charge in [0.2, 0.25) is 0 Å². The standard InChI is InChI=1S/C20H15.Li/c1-14-12-16-8-5-11-19(20(16)13-14)18-10-4-7-15-6-2-3-9-17(15)18;/h2-13H,1H3;/q-1;+1. The molecule has 21 heavy (non-hydrogen) atoms. The molecule has 0 amide bonds. The summed E-state index contributed by atoms with van der Waals surface area (Å²) in [5, 5.41) is 5.29. The van der Waals surface area contributed by atoms with Crippen molar-refractivity contribution in [1.82, 2.24) is 0 Å². The summed E-state index contributed by atoms with van der Waals surface area (Å²) in [5.74, 6) is 0. The van der Waals surface area contributed by atoms with Crippen molar-refractivity contribution in [2.75, 3.05) is 0 Å². The summed E-state index contributed by atoms with van der Waals surface area (Å²) in [5.41, 5.74) is 3.97. The van der Waals surface area contributed by atoms with E-state index < -0.39 is 0 Å². The predicted octanol–water partition coefficient (Wildman–Crippen LogP) is 2.69. The van der Waals surface area contributed by atoms with Crippen molar-refractivity contribution in [2.24, 2.45) is 0 Å². The summed E-state index contributed by atoms with van der Waals surface area (Å²) in [4.78, 5) is 0. The summed E-state index contributed by atoms with van der Waals surface area (Å²) < 4.78 is 0. The smallest absolute Gasteiger partial charge is 0.165 e. The average molecular weight is 262 g/mol. The van der Waals surface area contributed by atoms with Crippen LogP contribution >= 0.6 is 0 Å². The largest absolute Gasteiger partial charge is 1.00 e. The molecule has 0 N–H and O–H groups in total. The second-order valence-corrected chi connectivity index (χ2v) is 5.37. The van der Waals surface area contributed by atoms with E-state index in [-0.39, 0.29) is 18.9 Å². The van der Waals surface area contributed by atoms with E-state index in [0.29, 0.717) is 0 Å². The third-order valence-corrected chi connectivity index (χ3v) is 3.97. The first-order valence-corrected chi connectivity index (χ1v) is 6.97. The van der Waals surface area contributed by atoms with Crippen LogP contribution in [-0.4, -0.2) is 0 Å². The van der Waals surface area contributed by atoms with Crippen molar-refractivity contribution in [3.8, 4) is 11.1 Å². The molecule has 0 radical (unpaired) electrons. The Kier molecular flexibility index (Phi) is 3.68. The van der Waals surface area contributed by atoms with Crippen LogP contribution in [-0.2, 0) is 0 Å². The maximum atomic E-state index is 2.28. The van der Waals surface area contributed by atoms with Gasteiger partial charge in [0.1, 0.15) is 0 Å². The molecular formula is C20H15Li. The normalized spacial score (nSPS) is 10.7. The van der Waals surface area contributed by atoms with Gasteiger partial charge in [-0.1, -0.05) is 61.0 Å². The van der Waals surface area contributed by atoms with E-state index in [2.05, 4.69) is 79.7 Å². The third kappa shape index (κ3) is 2.32. The van der Waals surface area contributed by atoms with E-state index in [9.17, 15) is 0 Å². The molecule has 0 bridgehead atoms. The van der Waals surface area contributed by atoms with Gasteiger partial charge in [0.05, 0.1) is 0 Å². The number of benzene rings is 3. The zero-order valence-corrected chi connectivity index (χ0v) is 12.4. The van der Waals surface area contributed by atoms with Crippen molar-refractivity contribution < 1.29 is 18.9 Å². The monoisotopic (exact) mass is 262 g/mol. The fourth-order valence-corrected chi connectivity index (χ4v) is 3.08. The fourth-order valence-electron chi connectivity index (χ4n) is 3.08. The van der Waals surface area contributed by atoms with E-state index in [1.165, 1.54) is 38.2 Å². The van der Waals surface area contributed by atoms with Crippen LogP contribution in [0, 0.1) is 6.92 Å². The predicted molar refractivity (Wildman–Crippen MR) is 87.2 cm³/mol. The van der Waals surface area contributed by atoms with E-state index in [0.717, 1.165) is 0 Å². The Morgan fingerprint density at radius 3 is 2.24 bits per heavy atom. The first kappa shape index (κ1) is 14.1. The second-order valence-electron chi connectivity index (χ2n) is 5.37. The van der Waals surface area contributed by atoms with Gasteiger partial charge in [-0.05, 0) is 16.3 Å². The number of hydrogen-bond acceptors (Lipinski definition) is 0. The van der Waals surface area contributed by atoms with Crippen LogP contribution in [0.4, 0.5) is 0 Å². The summed E-state index contributed by atoms with van der Waals surface area (Å²) in [6, 6.07) is 26.2. The Morgan fingerprint density at radius 1 is 0.714 bits per heavy atom. The molecule has 4 aromatic carbocycles. The van der Waals surface area contributed by atoms with Gasteiger partial charge in [-0.2, -0.15) is 6.07 Å². The first-order valence-electron chi connectivity index (χ1n) is 6.97. The van der Waals surface area contributed by atoms with Crippen LogP contribution in [0.25, 0.3) is 32.7 Å². The molecule has 0 saturated heterocycles.